The third kappa shape index (κ3) is 4.69. The second-order valence-electron chi connectivity index (χ2n) is 4.72. The molecule has 6 nitrogen and oxygen atoms in total. The number of carbonyl (C=O) groups is 1. The molecule has 2 aromatic rings. The molecule has 0 aliphatic rings. The molecular formula is C17H19NO5. The highest BCUT2D eigenvalue weighted by Gasteiger charge is 2.16. The van der Waals surface area contributed by atoms with Crippen LogP contribution in [-0.4, -0.2) is 30.8 Å². The van der Waals surface area contributed by atoms with E-state index in [-0.39, 0.29) is 13.2 Å². The average Bonchev–Trinajstić information content (AvgIpc) is 3.06. The summed E-state index contributed by atoms with van der Waals surface area (Å²) in [6.45, 7) is 5.38. The van der Waals surface area contributed by atoms with Gasteiger partial charge in [-0.2, -0.15) is 0 Å². The zero-order valence-corrected chi connectivity index (χ0v) is 13.2. The highest BCUT2D eigenvalue weighted by atomic mass is 16.6. The number of hydrogen-bond acceptors (Lipinski definition) is 6. The summed E-state index contributed by atoms with van der Waals surface area (Å²) in [5, 5.41) is 0. The van der Waals surface area contributed by atoms with E-state index in [1.54, 1.807) is 26.3 Å². The van der Waals surface area contributed by atoms with Crippen molar-refractivity contribution in [2.24, 2.45) is 0 Å². The standard InChI is InChI=1S/C17H19NO5/c1-4-9-21-12(2)17(19)22-11-16-18-10-15(23-16)13-5-7-14(20-3)8-6-13/h4-8,10,12H,1,9,11H2,2-3H3. The Morgan fingerprint density at radius 2 is 2.13 bits per heavy atom. The maximum Gasteiger partial charge on any atom is 0.335 e. The van der Waals surface area contributed by atoms with Crippen molar-refractivity contribution >= 4 is 5.97 Å². The molecule has 0 bridgehead atoms. The van der Waals surface area contributed by atoms with Gasteiger partial charge in [0.2, 0.25) is 5.89 Å². The highest BCUT2D eigenvalue weighted by Crippen LogP contribution is 2.23. The van der Waals surface area contributed by atoms with Crippen LogP contribution in [0, 0.1) is 0 Å². The molecule has 1 aromatic heterocycles. The van der Waals surface area contributed by atoms with Crippen LogP contribution in [-0.2, 0) is 20.9 Å². The molecule has 0 saturated heterocycles. The lowest BCUT2D eigenvalue weighted by atomic mass is 10.2. The number of methoxy groups -OCH3 is 1. The first kappa shape index (κ1) is 16.8. The summed E-state index contributed by atoms with van der Waals surface area (Å²) >= 11 is 0. The van der Waals surface area contributed by atoms with Crippen molar-refractivity contribution in [3.63, 3.8) is 0 Å². The molecule has 0 radical (unpaired) electrons. The summed E-state index contributed by atoms with van der Waals surface area (Å²) in [5.74, 6) is 1.20. The van der Waals surface area contributed by atoms with E-state index in [9.17, 15) is 4.79 Å². The minimum atomic E-state index is -0.663. The minimum absolute atomic E-state index is 0.0449. The van der Waals surface area contributed by atoms with Crippen molar-refractivity contribution in [1.29, 1.82) is 0 Å². The Morgan fingerprint density at radius 3 is 2.78 bits per heavy atom. The lowest BCUT2D eigenvalue weighted by Gasteiger charge is -2.09. The first-order valence-corrected chi connectivity index (χ1v) is 7.12. The number of esters is 1. The molecule has 0 amide bonds. The van der Waals surface area contributed by atoms with Crippen LogP contribution in [0.25, 0.3) is 11.3 Å². The van der Waals surface area contributed by atoms with Gasteiger partial charge in [0.1, 0.15) is 5.75 Å². The van der Waals surface area contributed by atoms with Gasteiger partial charge < -0.3 is 18.6 Å². The molecule has 0 aliphatic heterocycles. The molecule has 6 heteroatoms. The fraction of sp³-hybridized carbons (Fsp3) is 0.294. The lowest BCUT2D eigenvalue weighted by Crippen LogP contribution is -2.23. The van der Waals surface area contributed by atoms with Crippen molar-refractivity contribution in [1.82, 2.24) is 4.98 Å². The molecule has 0 aliphatic carbocycles. The smallest absolute Gasteiger partial charge is 0.335 e. The van der Waals surface area contributed by atoms with Gasteiger partial charge in [-0.05, 0) is 31.2 Å². The SMILES string of the molecule is C=CCOC(C)C(=O)OCc1ncc(-c2ccc(OC)cc2)o1. The van der Waals surface area contributed by atoms with Gasteiger partial charge in [-0.15, -0.1) is 6.58 Å². The Hall–Kier alpha value is -2.60. The number of rotatable bonds is 8. The molecule has 0 fully saturated rings. The van der Waals surface area contributed by atoms with Crippen molar-refractivity contribution < 1.29 is 23.4 Å². The lowest BCUT2D eigenvalue weighted by molar-refractivity contribution is -0.157. The van der Waals surface area contributed by atoms with Crippen LogP contribution >= 0.6 is 0 Å². The second-order valence-corrected chi connectivity index (χ2v) is 4.72. The molecular weight excluding hydrogens is 298 g/mol. The average molecular weight is 317 g/mol. The fourth-order valence-electron chi connectivity index (χ4n) is 1.80. The van der Waals surface area contributed by atoms with E-state index < -0.39 is 12.1 Å². The predicted octanol–water partition coefficient (Wildman–Crippen LogP) is 2.98. The predicted molar refractivity (Wildman–Crippen MR) is 83.9 cm³/mol. The van der Waals surface area contributed by atoms with E-state index in [2.05, 4.69) is 11.6 Å². The number of hydrogen-bond donors (Lipinski definition) is 0. The molecule has 0 saturated carbocycles. The number of aromatic nitrogens is 1. The van der Waals surface area contributed by atoms with Crippen molar-refractivity contribution in [2.75, 3.05) is 13.7 Å². The van der Waals surface area contributed by atoms with E-state index in [0.717, 1.165) is 11.3 Å². The normalized spacial score (nSPS) is 11.7. The fourth-order valence-corrected chi connectivity index (χ4v) is 1.80. The first-order chi connectivity index (χ1) is 11.1. The van der Waals surface area contributed by atoms with Gasteiger partial charge in [-0.3, -0.25) is 0 Å². The van der Waals surface area contributed by atoms with Crippen LogP contribution in [0.15, 0.2) is 47.5 Å². The van der Waals surface area contributed by atoms with Crippen LogP contribution in [0.1, 0.15) is 12.8 Å². The molecule has 0 N–H and O–H groups in total. The Kier molecular flexibility index (Phi) is 5.94. The molecule has 0 spiro atoms. The highest BCUT2D eigenvalue weighted by molar-refractivity contribution is 5.74. The zero-order valence-electron chi connectivity index (χ0n) is 13.2. The van der Waals surface area contributed by atoms with Gasteiger partial charge in [0.25, 0.3) is 0 Å². The molecule has 1 heterocycles. The third-order valence-corrected chi connectivity index (χ3v) is 3.06. The molecule has 1 aromatic carbocycles. The van der Waals surface area contributed by atoms with Gasteiger partial charge in [-0.25, -0.2) is 9.78 Å². The summed E-state index contributed by atoms with van der Waals surface area (Å²) < 4.78 is 21.0. The van der Waals surface area contributed by atoms with Gasteiger partial charge in [0.05, 0.1) is 19.9 Å². The largest absolute Gasteiger partial charge is 0.497 e. The monoisotopic (exact) mass is 317 g/mol. The van der Waals surface area contributed by atoms with Gasteiger partial charge in [0, 0.05) is 5.56 Å². The summed E-state index contributed by atoms with van der Waals surface area (Å²) in [6.07, 6.45) is 2.49. The molecule has 23 heavy (non-hydrogen) atoms. The quantitative estimate of drug-likeness (QED) is 0.550. The maximum atomic E-state index is 11.7. The molecule has 1 unspecified atom stereocenters. The molecule has 2 rings (SSSR count). The Bertz CT molecular complexity index is 647. The number of oxazole rings is 1. The van der Waals surface area contributed by atoms with E-state index in [1.807, 2.05) is 24.3 Å². The van der Waals surface area contributed by atoms with Crippen molar-refractivity contribution in [3.8, 4) is 17.1 Å². The van der Waals surface area contributed by atoms with Crippen LogP contribution in [0.5, 0.6) is 5.75 Å². The van der Waals surface area contributed by atoms with Gasteiger partial charge in [0.15, 0.2) is 18.5 Å². The summed E-state index contributed by atoms with van der Waals surface area (Å²) in [5.41, 5.74) is 0.860. The molecule has 122 valence electrons. The first-order valence-electron chi connectivity index (χ1n) is 7.12. The third-order valence-electron chi connectivity index (χ3n) is 3.06. The Balaban J connectivity index is 1.91. The van der Waals surface area contributed by atoms with E-state index in [4.69, 9.17) is 18.6 Å². The number of ether oxygens (including phenoxy) is 3. The van der Waals surface area contributed by atoms with Crippen LogP contribution < -0.4 is 4.74 Å². The van der Waals surface area contributed by atoms with E-state index in [1.165, 1.54) is 0 Å². The van der Waals surface area contributed by atoms with E-state index in [0.29, 0.717) is 11.7 Å². The Morgan fingerprint density at radius 1 is 1.39 bits per heavy atom. The van der Waals surface area contributed by atoms with Gasteiger partial charge in [-0.1, -0.05) is 6.08 Å². The zero-order chi connectivity index (χ0) is 16.7. The topological polar surface area (TPSA) is 70.8 Å². The van der Waals surface area contributed by atoms with E-state index >= 15 is 0 Å². The maximum absolute atomic E-state index is 11.7. The van der Waals surface area contributed by atoms with Crippen molar-refractivity contribution in [2.45, 2.75) is 19.6 Å². The Labute approximate surface area is 134 Å². The second kappa shape index (κ2) is 8.14. The number of nitrogens with zero attached hydrogens (tertiary/aromatic N) is 1. The van der Waals surface area contributed by atoms with Crippen molar-refractivity contribution in [3.05, 3.63) is 49.0 Å². The number of carbonyl (C=O) groups excluding carboxylic acids is 1. The van der Waals surface area contributed by atoms with Crippen LogP contribution in [0.2, 0.25) is 0 Å². The van der Waals surface area contributed by atoms with Gasteiger partial charge >= 0.3 is 5.97 Å². The minimum Gasteiger partial charge on any atom is -0.497 e. The summed E-state index contributed by atoms with van der Waals surface area (Å²) in [4.78, 5) is 15.8. The summed E-state index contributed by atoms with van der Waals surface area (Å²) in [7, 11) is 1.61. The van der Waals surface area contributed by atoms with Crippen LogP contribution in [0.4, 0.5) is 0 Å². The van der Waals surface area contributed by atoms with Crippen LogP contribution in [0.3, 0.4) is 0 Å². The summed E-state index contributed by atoms with van der Waals surface area (Å²) in [6, 6.07) is 7.38. The molecule has 1 atom stereocenters. The number of benzene rings is 1.